The van der Waals surface area contributed by atoms with Crippen molar-refractivity contribution in [2.24, 2.45) is 5.92 Å². The lowest BCUT2D eigenvalue weighted by Crippen LogP contribution is -2.40. The zero-order chi connectivity index (χ0) is 15.5. The van der Waals surface area contributed by atoms with Gasteiger partial charge in [0, 0.05) is 13.1 Å². The number of nitrogens with one attached hydrogen (secondary N) is 1. The van der Waals surface area contributed by atoms with Gasteiger partial charge in [-0.1, -0.05) is 6.92 Å². The van der Waals surface area contributed by atoms with E-state index in [1.807, 2.05) is 12.1 Å². The minimum Gasteiger partial charge on any atom is -0.453 e. The maximum absolute atomic E-state index is 11.7. The van der Waals surface area contributed by atoms with Crippen LogP contribution in [0.25, 0.3) is 0 Å². The molecule has 0 bridgehead atoms. The molecule has 2 heterocycles. The van der Waals surface area contributed by atoms with Crippen LogP contribution in [0.1, 0.15) is 38.0 Å². The number of nitrogens with zero attached hydrogens (tertiary/aromatic N) is 1. The lowest BCUT2D eigenvalue weighted by atomic mass is 9.91. The highest BCUT2D eigenvalue weighted by Gasteiger charge is 2.28. The monoisotopic (exact) mass is 378 g/mol. The maximum atomic E-state index is 11.7. The Morgan fingerprint density at radius 3 is 2.86 bits per heavy atom. The summed E-state index contributed by atoms with van der Waals surface area (Å²) in [4.78, 5) is 0. The summed E-state index contributed by atoms with van der Waals surface area (Å²) >= 11 is 3.33. The van der Waals surface area contributed by atoms with Crippen LogP contribution in [0.2, 0.25) is 0 Å². The van der Waals surface area contributed by atoms with E-state index in [0.717, 1.165) is 36.2 Å². The summed E-state index contributed by atoms with van der Waals surface area (Å²) in [6, 6.07) is 3.99. The zero-order valence-electron chi connectivity index (χ0n) is 12.5. The van der Waals surface area contributed by atoms with E-state index in [1.54, 1.807) is 4.31 Å². The van der Waals surface area contributed by atoms with E-state index in [0.29, 0.717) is 19.0 Å². The van der Waals surface area contributed by atoms with Crippen LogP contribution in [0, 0.1) is 5.92 Å². The minimum absolute atomic E-state index is 0.130. The van der Waals surface area contributed by atoms with Crippen molar-refractivity contribution in [2.45, 2.75) is 32.2 Å². The molecule has 0 radical (unpaired) electrons. The summed E-state index contributed by atoms with van der Waals surface area (Å²) in [6.07, 6.45) is 4.18. The first-order valence-electron chi connectivity index (χ1n) is 7.34. The van der Waals surface area contributed by atoms with Gasteiger partial charge in [-0.15, -0.1) is 0 Å². The predicted octanol–water partition coefficient (Wildman–Crippen LogP) is 2.75. The van der Waals surface area contributed by atoms with Crippen LogP contribution in [0.5, 0.6) is 0 Å². The molecule has 1 fully saturated rings. The average molecular weight is 379 g/mol. The largest absolute Gasteiger partial charge is 0.453 e. The molecule has 0 spiro atoms. The molecule has 1 saturated heterocycles. The molecule has 0 saturated carbocycles. The van der Waals surface area contributed by atoms with Gasteiger partial charge in [0.15, 0.2) is 4.67 Å². The minimum atomic E-state index is -3.09. The summed E-state index contributed by atoms with van der Waals surface area (Å²) < 4.78 is 31.4. The van der Waals surface area contributed by atoms with Gasteiger partial charge in [0.25, 0.3) is 0 Å². The molecule has 21 heavy (non-hydrogen) atoms. The molecule has 0 aliphatic carbocycles. The molecule has 0 amide bonds. The van der Waals surface area contributed by atoms with Crippen molar-refractivity contribution in [2.75, 3.05) is 25.9 Å². The number of halogens is 1. The number of furan rings is 1. The lowest BCUT2D eigenvalue weighted by molar-refractivity contribution is 0.230. The third kappa shape index (κ3) is 4.81. The molecule has 1 aromatic rings. The Balaban J connectivity index is 2.03. The van der Waals surface area contributed by atoms with E-state index in [-0.39, 0.29) is 6.04 Å². The van der Waals surface area contributed by atoms with Gasteiger partial charge in [-0.25, -0.2) is 12.7 Å². The summed E-state index contributed by atoms with van der Waals surface area (Å²) in [7, 11) is -3.09. The first kappa shape index (κ1) is 17.0. The van der Waals surface area contributed by atoms with Gasteiger partial charge in [0.05, 0.1) is 12.3 Å². The topological polar surface area (TPSA) is 62.6 Å². The van der Waals surface area contributed by atoms with E-state index in [4.69, 9.17) is 4.42 Å². The fourth-order valence-electron chi connectivity index (χ4n) is 2.92. The fourth-order valence-corrected chi connectivity index (χ4v) is 4.18. The molecule has 2 rings (SSSR count). The Hall–Kier alpha value is -0.370. The second-order valence-electron chi connectivity index (χ2n) is 5.62. The van der Waals surface area contributed by atoms with Gasteiger partial charge in [-0.3, -0.25) is 0 Å². The number of rotatable bonds is 6. The number of sulfonamides is 1. The third-order valence-corrected chi connectivity index (χ3v) is 5.60. The van der Waals surface area contributed by atoms with Gasteiger partial charge >= 0.3 is 0 Å². The van der Waals surface area contributed by atoms with E-state index in [9.17, 15) is 8.42 Å². The van der Waals surface area contributed by atoms with Crippen molar-refractivity contribution in [3.05, 3.63) is 22.6 Å². The lowest BCUT2D eigenvalue weighted by Gasteiger charge is -2.32. The molecule has 2 unspecified atom stereocenters. The van der Waals surface area contributed by atoms with Gasteiger partial charge in [0.2, 0.25) is 10.0 Å². The smallest absolute Gasteiger partial charge is 0.211 e. The van der Waals surface area contributed by atoms with E-state index >= 15 is 0 Å². The molecular formula is C14H23BrN2O3S. The predicted molar refractivity (Wildman–Crippen MR) is 86.6 cm³/mol. The van der Waals surface area contributed by atoms with Gasteiger partial charge in [-0.05, 0) is 59.8 Å². The average Bonchev–Trinajstić information content (AvgIpc) is 2.84. The van der Waals surface area contributed by atoms with Crippen LogP contribution in [0.3, 0.4) is 0 Å². The molecular weight excluding hydrogens is 356 g/mol. The normalized spacial score (nSPS) is 22.3. The molecule has 1 N–H and O–H groups in total. The molecule has 5 nitrogen and oxygen atoms in total. The SMILES string of the molecule is CCNC(CC1CCCN(S(C)(=O)=O)C1)c1ccc(Br)o1. The Kier molecular flexibility index (Phi) is 5.88. The van der Waals surface area contributed by atoms with Crippen molar-refractivity contribution >= 4 is 26.0 Å². The maximum Gasteiger partial charge on any atom is 0.211 e. The number of hydrogen-bond donors (Lipinski definition) is 1. The molecule has 120 valence electrons. The highest BCUT2D eigenvalue weighted by molar-refractivity contribution is 9.10. The van der Waals surface area contributed by atoms with Crippen molar-refractivity contribution in [3.8, 4) is 0 Å². The van der Waals surface area contributed by atoms with Gasteiger partial charge < -0.3 is 9.73 Å². The van der Waals surface area contributed by atoms with E-state index in [2.05, 4.69) is 28.2 Å². The Bertz CT molecular complexity index is 558. The quantitative estimate of drug-likeness (QED) is 0.826. The molecule has 1 aromatic heterocycles. The van der Waals surface area contributed by atoms with Gasteiger partial charge in [0.1, 0.15) is 5.76 Å². The van der Waals surface area contributed by atoms with Crippen LogP contribution >= 0.6 is 15.9 Å². The third-order valence-electron chi connectivity index (χ3n) is 3.91. The summed E-state index contributed by atoms with van der Waals surface area (Å²) in [5.41, 5.74) is 0. The number of piperidine rings is 1. The first-order valence-corrected chi connectivity index (χ1v) is 9.98. The molecule has 2 atom stereocenters. The van der Waals surface area contributed by atoms with Gasteiger partial charge in [-0.2, -0.15) is 0 Å². The highest BCUT2D eigenvalue weighted by Crippen LogP contribution is 2.30. The molecule has 1 aliphatic heterocycles. The first-order chi connectivity index (χ1) is 9.90. The number of hydrogen-bond acceptors (Lipinski definition) is 4. The summed E-state index contributed by atoms with van der Waals surface area (Å²) in [6.45, 7) is 4.18. The Morgan fingerprint density at radius 2 is 2.29 bits per heavy atom. The second-order valence-corrected chi connectivity index (χ2v) is 8.38. The summed E-state index contributed by atoms with van der Waals surface area (Å²) in [5.74, 6) is 1.27. The van der Waals surface area contributed by atoms with Crippen molar-refractivity contribution in [1.29, 1.82) is 0 Å². The van der Waals surface area contributed by atoms with Crippen LogP contribution in [0.4, 0.5) is 0 Å². The van der Waals surface area contributed by atoms with Crippen molar-refractivity contribution < 1.29 is 12.8 Å². The van der Waals surface area contributed by atoms with Crippen LogP contribution < -0.4 is 5.32 Å². The highest BCUT2D eigenvalue weighted by atomic mass is 79.9. The molecule has 0 aromatic carbocycles. The molecule has 1 aliphatic rings. The standard InChI is InChI=1S/C14H23BrN2O3S/c1-3-16-12(13-6-7-14(15)20-13)9-11-5-4-8-17(10-11)21(2,18)19/h6-7,11-12,16H,3-5,8-10H2,1-2H3. The molecule has 7 heteroatoms. The van der Waals surface area contributed by atoms with Crippen LogP contribution in [-0.2, 0) is 10.0 Å². The second kappa shape index (κ2) is 7.26. The summed E-state index contributed by atoms with van der Waals surface area (Å²) in [5, 5.41) is 3.43. The fraction of sp³-hybridized carbons (Fsp3) is 0.714. The van der Waals surface area contributed by atoms with Crippen molar-refractivity contribution in [3.63, 3.8) is 0 Å². The Morgan fingerprint density at radius 1 is 1.52 bits per heavy atom. The zero-order valence-corrected chi connectivity index (χ0v) is 14.9. The van der Waals surface area contributed by atoms with E-state index < -0.39 is 10.0 Å². The van der Waals surface area contributed by atoms with E-state index in [1.165, 1.54) is 6.26 Å². The van der Waals surface area contributed by atoms with Crippen molar-refractivity contribution in [1.82, 2.24) is 9.62 Å². The Labute approximate surface area is 135 Å². The van der Waals surface area contributed by atoms with Crippen LogP contribution in [0.15, 0.2) is 21.2 Å². The van der Waals surface area contributed by atoms with Crippen LogP contribution in [-0.4, -0.2) is 38.6 Å².